The van der Waals surface area contributed by atoms with Gasteiger partial charge < -0.3 is 4.90 Å². The molecule has 6 heteroatoms. The number of aromatic nitrogens is 2. The summed E-state index contributed by atoms with van der Waals surface area (Å²) >= 11 is 1.35. The highest BCUT2D eigenvalue weighted by atomic mass is 32.2. The second-order valence-electron chi connectivity index (χ2n) is 7.79. The number of carbonyl (C=O) groups is 1. The van der Waals surface area contributed by atoms with Crippen LogP contribution in [0.5, 0.6) is 0 Å². The third-order valence-corrected chi connectivity index (χ3v) is 6.72. The molecule has 5 nitrogen and oxygen atoms in total. The van der Waals surface area contributed by atoms with Crippen molar-refractivity contribution in [1.29, 1.82) is 0 Å². The van der Waals surface area contributed by atoms with Crippen LogP contribution < -0.4 is 5.56 Å². The van der Waals surface area contributed by atoms with Gasteiger partial charge in [-0.25, -0.2) is 4.98 Å². The van der Waals surface area contributed by atoms with Gasteiger partial charge in [0.15, 0.2) is 5.16 Å². The van der Waals surface area contributed by atoms with E-state index in [0.29, 0.717) is 16.1 Å². The van der Waals surface area contributed by atoms with Crippen molar-refractivity contribution in [2.45, 2.75) is 50.7 Å². The third kappa shape index (κ3) is 4.15. The number of fused-ring (bicyclic) bond motifs is 1. The molecule has 0 unspecified atom stereocenters. The van der Waals surface area contributed by atoms with Crippen LogP contribution in [0.3, 0.4) is 0 Å². The van der Waals surface area contributed by atoms with Gasteiger partial charge in [-0.1, -0.05) is 43.0 Å². The van der Waals surface area contributed by atoms with Crippen molar-refractivity contribution >= 4 is 28.6 Å². The van der Waals surface area contributed by atoms with Crippen molar-refractivity contribution in [3.05, 3.63) is 64.4 Å². The smallest absolute Gasteiger partial charge is 0.266 e. The first-order chi connectivity index (χ1) is 14.6. The first kappa shape index (κ1) is 20.7. The highest BCUT2D eigenvalue weighted by Crippen LogP contribution is 2.24. The van der Waals surface area contributed by atoms with Gasteiger partial charge in [0.05, 0.1) is 22.3 Å². The number of likely N-dealkylation sites (tertiary alicyclic amines) is 1. The van der Waals surface area contributed by atoms with Gasteiger partial charge in [0.2, 0.25) is 5.91 Å². The standard InChI is InChI=1S/C24H27N3O2S/c1-3-18-11-13-19(14-12-18)27-23(29)20-9-4-5-10-21(20)25-24(27)30-16-22(28)26-15-7-6-8-17(26)2/h4-5,9-14,17H,3,6-8,15-16H2,1-2H3/t17-/m1/s1. The van der Waals surface area contributed by atoms with Crippen LogP contribution in [0, 0.1) is 0 Å². The Morgan fingerprint density at radius 3 is 2.63 bits per heavy atom. The van der Waals surface area contributed by atoms with Crippen molar-refractivity contribution in [3.8, 4) is 5.69 Å². The maximum absolute atomic E-state index is 13.3. The van der Waals surface area contributed by atoms with Gasteiger partial charge in [-0.2, -0.15) is 0 Å². The van der Waals surface area contributed by atoms with E-state index in [0.717, 1.165) is 31.5 Å². The van der Waals surface area contributed by atoms with Crippen molar-refractivity contribution in [2.24, 2.45) is 0 Å². The molecule has 0 bridgehead atoms. The molecular weight excluding hydrogens is 394 g/mol. The average molecular weight is 422 g/mol. The van der Waals surface area contributed by atoms with Gasteiger partial charge in [-0.3, -0.25) is 14.2 Å². The molecule has 1 fully saturated rings. The van der Waals surface area contributed by atoms with E-state index >= 15 is 0 Å². The van der Waals surface area contributed by atoms with Crippen molar-refractivity contribution < 1.29 is 4.79 Å². The lowest BCUT2D eigenvalue weighted by Gasteiger charge is -2.33. The highest BCUT2D eigenvalue weighted by Gasteiger charge is 2.24. The number of benzene rings is 2. The Morgan fingerprint density at radius 1 is 1.13 bits per heavy atom. The zero-order valence-corrected chi connectivity index (χ0v) is 18.3. The normalized spacial score (nSPS) is 16.7. The molecule has 1 amide bonds. The molecule has 2 heterocycles. The van der Waals surface area contributed by atoms with Crippen LogP contribution in [0.2, 0.25) is 0 Å². The molecule has 0 radical (unpaired) electrons. The number of piperidine rings is 1. The Morgan fingerprint density at radius 2 is 1.90 bits per heavy atom. The summed E-state index contributed by atoms with van der Waals surface area (Å²) < 4.78 is 1.64. The van der Waals surface area contributed by atoms with Crippen LogP contribution in [0.4, 0.5) is 0 Å². The van der Waals surface area contributed by atoms with Gasteiger partial charge in [0.1, 0.15) is 0 Å². The van der Waals surface area contributed by atoms with E-state index in [2.05, 4.69) is 13.8 Å². The summed E-state index contributed by atoms with van der Waals surface area (Å²) in [5, 5.41) is 1.14. The van der Waals surface area contributed by atoms with E-state index in [1.54, 1.807) is 10.6 Å². The first-order valence-electron chi connectivity index (χ1n) is 10.6. The van der Waals surface area contributed by atoms with E-state index in [9.17, 15) is 9.59 Å². The van der Waals surface area contributed by atoms with Crippen molar-refractivity contribution in [2.75, 3.05) is 12.3 Å². The molecule has 0 saturated carbocycles. The summed E-state index contributed by atoms with van der Waals surface area (Å²) in [6.07, 6.45) is 4.23. The molecule has 30 heavy (non-hydrogen) atoms. The second kappa shape index (κ2) is 9.04. The van der Waals surface area contributed by atoms with E-state index in [1.165, 1.54) is 23.7 Å². The van der Waals surface area contributed by atoms with Crippen molar-refractivity contribution in [1.82, 2.24) is 14.5 Å². The van der Waals surface area contributed by atoms with Crippen LogP contribution in [0.1, 0.15) is 38.7 Å². The number of nitrogens with zero attached hydrogens (tertiary/aromatic N) is 3. The molecule has 1 aliphatic heterocycles. The van der Waals surface area contributed by atoms with E-state index in [1.807, 2.05) is 47.4 Å². The topological polar surface area (TPSA) is 55.2 Å². The molecule has 0 N–H and O–H groups in total. The Labute approximate surface area is 181 Å². The monoisotopic (exact) mass is 421 g/mol. The Hall–Kier alpha value is -2.60. The second-order valence-corrected chi connectivity index (χ2v) is 8.74. The maximum Gasteiger partial charge on any atom is 0.266 e. The summed E-state index contributed by atoms with van der Waals surface area (Å²) in [4.78, 5) is 32.9. The zero-order chi connectivity index (χ0) is 21.1. The number of para-hydroxylation sites is 1. The maximum atomic E-state index is 13.3. The van der Waals surface area contributed by atoms with Crippen LogP contribution in [0.15, 0.2) is 58.5 Å². The molecule has 4 rings (SSSR count). The fourth-order valence-corrected chi connectivity index (χ4v) is 4.89. The number of aryl methyl sites for hydroxylation is 1. The largest absolute Gasteiger partial charge is 0.339 e. The number of rotatable bonds is 5. The lowest BCUT2D eigenvalue weighted by atomic mass is 10.0. The number of amides is 1. The summed E-state index contributed by atoms with van der Waals surface area (Å²) in [5.41, 5.74) is 2.54. The number of hydrogen-bond acceptors (Lipinski definition) is 4. The average Bonchev–Trinajstić information content (AvgIpc) is 2.78. The number of carbonyl (C=O) groups excluding carboxylic acids is 1. The summed E-state index contributed by atoms with van der Waals surface area (Å²) in [5.74, 6) is 0.393. The van der Waals surface area contributed by atoms with E-state index < -0.39 is 0 Å². The molecule has 0 aliphatic carbocycles. The zero-order valence-electron chi connectivity index (χ0n) is 17.5. The van der Waals surface area contributed by atoms with Crippen LogP contribution in [0.25, 0.3) is 16.6 Å². The molecule has 1 aliphatic rings. The lowest BCUT2D eigenvalue weighted by Crippen LogP contribution is -2.43. The van der Waals surface area contributed by atoms with Crippen LogP contribution in [-0.4, -0.2) is 38.7 Å². The highest BCUT2D eigenvalue weighted by molar-refractivity contribution is 7.99. The molecule has 0 spiro atoms. The van der Waals surface area contributed by atoms with Gasteiger partial charge >= 0.3 is 0 Å². The quantitative estimate of drug-likeness (QED) is 0.451. The molecule has 2 aromatic carbocycles. The fraction of sp³-hybridized carbons (Fsp3) is 0.375. The first-order valence-corrected chi connectivity index (χ1v) is 11.6. The Bertz CT molecular complexity index is 1110. The van der Waals surface area contributed by atoms with E-state index in [-0.39, 0.29) is 23.3 Å². The molecule has 1 atom stereocenters. The minimum Gasteiger partial charge on any atom is -0.339 e. The predicted molar refractivity (Wildman–Crippen MR) is 122 cm³/mol. The van der Waals surface area contributed by atoms with Crippen LogP contribution in [-0.2, 0) is 11.2 Å². The van der Waals surface area contributed by atoms with E-state index in [4.69, 9.17) is 4.98 Å². The van der Waals surface area contributed by atoms with Gasteiger partial charge in [-0.15, -0.1) is 0 Å². The van der Waals surface area contributed by atoms with Gasteiger partial charge in [0.25, 0.3) is 5.56 Å². The molecule has 1 saturated heterocycles. The molecular formula is C24H27N3O2S. The Kier molecular flexibility index (Phi) is 6.23. The SMILES string of the molecule is CCc1ccc(-n2c(SCC(=O)N3CCCC[C@H]3C)nc3ccccc3c2=O)cc1. The Balaban J connectivity index is 1.70. The summed E-state index contributed by atoms with van der Waals surface area (Å²) in [6, 6.07) is 15.6. The summed E-state index contributed by atoms with van der Waals surface area (Å²) in [7, 11) is 0. The lowest BCUT2D eigenvalue weighted by molar-refractivity contribution is -0.131. The number of hydrogen-bond donors (Lipinski definition) is 0. The van der Waals surface area contributed by atoms with Gasteiger partial charge in [0, 0.05) is 12.6 Å². The minimum atomic E-state index is -0.105. The molecule has 1 aromatic heterocycles. The van der Waals surface area contributed by atoms with Crippen LogP contribution >= 0.6 is 11.8 Å². The third-order valence-electron chi connectivity index (χ3n) is 5.80. The minimum absolute atomic E-state index is 0.105. The molecule has 3 aromatic rings. The van der Waals surface area contributed by atoms with Gasteiger partial charge in [-0.05, 0) is 62.4 Å². The predicted octanol–water partition coefficient (Wildman–Crippen LogP) is 4.44. The van der Waals surface area contributed by atoms with Crippen molar-refractivity contribution in [3.63, 3.8) is 0 Å². The number of thioether (sulfide) groups is 1. The fourth-order valence-electron chi connectivity index (χ4n) is 4.00. The summed E-state index contributed by atoms with van der Waals surface area (Å²) in [6.45, 7) is 5.03. The molecule has 156 valence electrons.